The van der Waals surface area contributed by atoms with E-state index in [0.717, 1.165) is 17.1 Å². The predicted molar refractivity (Wildman–Crippen MR) is 240 cm³/mol. The Morgan fingerprint density at radius 2 is 0.667 bits per heavy atom. The molecule has 0 amide bonds. The van der Waals surface area contributed by atoms with Crippen LogP contribution in [-0.2, 0) is 0 Å². The molecule has 3 heteroatoms. The quantitative estimate of drug-likeness (QED) is 0.168. The van der Waals surface area contributed by atoms with Crippen molar-refractivity contribution in [1.82, 2.24) is 13.7 Å². The van der Waals surface area contributed by atoms with E-state index in [1.54, 1.807) is 0 Å². The van der Waals surface area contributed by atoms with E-state index >= 15 is 0 Å². The van der Waals surface area contributed by atoms with Crippen molar-refractivity contribution in [2.24, 2.45) is 0 Å². The van der Waals surface area contributed by atoms with Gasteiger partial charge in [0.2, 0.25) is 0 Å². The molecule has 0 aliphatic carbocycles. The average molecular weight is 726 g/mol. The highest BCUT2D eigenvalue weighted by Crippen LogP contribution is 2.42. The monoisotopic (exact) mass is 725 g/mol. The Morgan fingerprint density at radius 1 is 0.228 bits per heavy atom. The summed E-state index contributed by atoms with van der Waals surface area (Å²) in [6.45, 7) is 0. The van der Waals surface area contributed by atoms with Gasteiger partial charge in [-0.3, -0.25) is 0 Å². The number of hydrogen-bond acceptors (Lipinski definition) is 0. The second-order valence-electron chi connectivity index (χ2n) is 14.9. The van der Waals surface area contributed by atoms with E-state index in [-0.39, 0.29) is 0 Å². The van der Waals surface area contributed by atoms with E-state index < -0.39 is 0 Å². The lowest BCUT2D eigenvalue weighted by Gasteiger charge is -2.13. The van der Waals surface area contributed by atoms with Crippen LogP contribution in [0.2, 0.25) is 0 Å². The molecule has 0 saturated heterocycles. The molecular weight excluding hydrogens is 691 g/mol. The largest absolute Gasteiger partial charge is 0.309 e. The Kier molecular flexibility index (Phi) is 6.93. The van der Waals surface area contributed by atoms with Crippen molar-refractivity contribution in [3.63, 3.8) is 0 Å². The minimum absolute atomic E-state index is 1.14. The Balaban J connectivity index is 1.03. The molecule has 3 aromatic heterocycles. The van der Waals surface area contributed by atoms with Crippen LogP contribution in [-0.4, -0.2) is 13.7 Å². The number of hydrogen-bond donors (Lipinski definition) is 0. The van der Waals surface area contributed by atoms with E-state index in [1.165, 1.54) is 87.7 Å². The summed E-state index contributed by atoms with van der Waals surface area (Å²) in [6.07, 6.45) is 0. The first-order chi connectivity index (χ1) is 28.3. The molecule has 12 aromatic rings. The molecule has 12 rings (SSSR count). The Hall–Kier alpha value is -7.62. The average Bonchev–Trinajstić information content (AvgIpc) is 3.93. The Labute approximate surface area is 329 Å². The normalized spacial score (nSPS) is 11.9. The van der Waals surface area contributed by atoms with Crippen LogP contribution in [0.3, 0.4) is 0 Å². The van der Waals surface area contributed by atoms with Gasteiger partial charge in [-0.05, 0) is 89.0 Å². The first-order valence-electron chi connectivity index (χ1n) is 19.6. The minimum atomic E-state index is 1.14. The van der Waals surface area contributed by atoms with Crippen LogP contribution in [0.4, 0.5) is 0 Å². The molecule has 0 N–H and O–H groups in total. The maximum atomic E-state index is 2.48. The molecule has 0 unspecified atom stereocenters. The number of fused-ring (bicyclic) bond motifs is 10. The van der Waals surface area contributed by atoms with Gasteiger partial charge in [-0.1, -0.05) is 146 Å². The van der Waals surface area contributed by atoms with Crippen molar-refractivity contribution in [3.05, 3.63) is 212 Å². The zero-order valence-corrected chi connectivity index (χ0v) is 31.0. The van der Waals surface area contributed by atoms with E-state index in [0.29, 0.717) is 0 Å². The van der Waals surface area contributed by atoms with Gasteiger partial charge in [0.25, 0.3) is 0 Å². The van der Waals surface area contributed by atoms with Gasteiger partial charge in [-0.2, -0.15) is 0 Å². The van der Waals surface area contributed by atoms with E-state index in [2.05, 4.69) is 226 Å². The van der Waals surface area contributed by atoms with Crippen molar-refractivity contribution in [2.75, 3.05) is 0 Å². The number of nitrogens with zero attached hydrogens (tertiary/aromatic N) is 3. The number of aromatic nitrogens is 3. The molecule has 0 saturated carbocycles. The summed E-state index contributed by atoms with van der Waals surface area (Å²) < 4.78 is 7.29. The third-order valence-corrected chi connectivity index (χ3v) is 11.8. The topological polar surface area (TPSA) is 14.8 Å². The number of benzene rings is 9. The highest BCUT2D eigenvalue weighted by atomic mass is 15.0. The summed E-state index contributed by atoms with van der Waals surface area (Å²) in [5.41, 5.74) is 15.5. The molecule has 0 bridgehead atoms. The van der Waals surface area contributed by atoms with Crippen molar-refractivity contribution in [1.29, 1.82) is 0 Å². The van der Waals surface area contributed by atoms with Gasteiger partial charge < -0.3 is 13.7 Å². The maximum absolute atomic E-state index is 2.48. The van der Waals surface area contributed by atoms with Crippen LogP contribution in [0.25, 0.3) is 105 Å². The summed E-state index contributed by atoms with van der Waals surface area (Å²) >= 11 is 0. The fourth-order valence-corrected chi connectivity index (χ4v) is 9.32. The lowest BCUT2D eigenvalue weighted by atomic mass is 10.0. The molecule has 0 spiro atoms. The molecule has 0 radical (unpaired) electrons. The zero-order valence-electron chi connectivity index (χ0n) is 31.0. The van der Waals surface area contributed by atoms with Crippen LogP contribution in [0.1, 0.15) is 0 Å². The predicted octanol–water partition coefficient (Wildman–Crippen LogP) is 14.3. The summed E-state index contributed by atoms with van der Waals surface area (Å²) in [7, 11) is 0. The van der Waals surface area contributed by atoms with E-state index in [4.69, 9.17) is 0 Å². The van der Waals surface area contributed by atoms with E-state index in [9.17, 15) is 0 Å². The van der Waals surface area contributed by atoms with Crippen molar-refractivity contribution in [3.8, 4) is 39.3 Å². The molecule has 57 heavy (non-hydrogen) atoms. The first-order valence-corrected chi connectivity index (χ1v) is 19.6. The third-order valence-electron chi connectivity index (χ3n) is 11.8. The minimum Gasteiger partial charge on any atom is -0.309 e. The van der Waals surface area contributed by atoms with Crippen LogP contribution >= 0.6 is 0 Å². The maximum Gasteiger partial charge on any atom is 0.0641 e. The van der Waals surface area contributed by atoms with Crippen molar-refractivity contribution < 1.29 is 0 Å². The van der Waals surface area contributed by atoms with Crippen LogP contribution < -0.4 is 0 Å². The summed E-state index contributed by atoms with van der Waals surface area (Å²) in [5, 5.41) is 7.54. The van der Waals surface area contributed by atoms with Gasteiger partial charge in [0.15, 0.2) is 0 Å². The highest BCUT2D eigenvalue weighted by molar-refractivity contribution is 6.26. The van der Waals surface area contributed by atoms with Crippen molar-refractivity contribution in [2.45, 2.75) is 0 Å². The fraction of sp³-hybridized carbons (Fsp3) is 0. The molecule has 3 nitrogen and oxygen atoms in total. The second kappa shape index (κ2) is 12.5. The van der Waals surface area contributed by atoms with Crippen LogP contribution in [0, 0.1) is 0 Å². The van der Waals surface area contributed by atoms with Gasteiger partial charge in [0.1, 0.15) is 0 Å². The fourth-order valence-electron chi connectivity index (χ4n) is 9.32. The molecular formula is C54H35N3. The number of rotatable bonds is 5. The van der Waals surface area contributed by atoms with Gasteiger partial charge in [0.05, 0.1) is 33.1 Å². The molecule has 266 valence electrons. The third kappa shape index (κ3) is 4.79. The molecule has 9 aromatic carbocycles. The molecule has 3 heterocycles. The molecule has 0 fully saturated rings. The number of para-hydroxylation sites is 4. The molecule has 0 aliphatic heterocycles. The molecule has 0 aliphatic rings. The second-order valence-corrected chi connectivity index (χ2v) is 14.9. The Morgan fingerprint density at radius 3 is 1.28 bits per heavy atom. The SMILES string of the molecule is c1ccc(-c2ccc(-n3c4ccccc4c4c3ccc3c5ccccc5n(-c5cccc(-c6ccc(-n7c8ccccc8c8ccccc87)cc6)c5)c34)cc2)cc1. The summed E-state index contributed by atoms with van der Waals surface area (Å²) in [6, 6.07) is 77.3. The summed E-state index contributed by atoms with van der Waals surface area (Å²) in [5.74, 6) is 0. The highest BCUT2D eigenvalue weighted by Gasteiger charge is 2.21. The van der Waals surface area contributed by atoms with Crippen LogP contribution in [0.5, 0.6) is 0 Å². The van der Waals surface area contributed by atoms with Crippen molar-refractivity contribution >= 4 is 65.4 Å². The van der Waals surface area contributed by atoms with Gasteiger partial charge in [-0.15, -0.1) is 0 Å². The Bertz CT molecular complexity index is 3440. The van der Waals surface area contributed by atoms with Gasteiger partial charge in [-0.25, -0.2) is 0 Å². The molecule has 0 atom stereocenters. The summed E-state index contributed by atoms with van der Waals surface area (Å²) in [4.78, 5) is 0. The standard InChI is InChI=1S/C54H35N3/c1-2-13-36(14-3-1)37-25-29-41(30-26-37)56-51-24-11-7-20-47(51)53-52(56)34-33-46-45-19-6-10-23-50(45)57(54(46)53)42-16-12-15-39(35-42)38-27-31-40(32-28-38)55-48-21-8-4-17-43(48)44-18-5-9-22-49(44)55/h1-35H. The lowest BCUT2D eigenvalue weighted by molar-refractivity contribution is 1.17. The van der Waals surface area contributed by atoms with Gasteiger partial charge >= 0.3 is 0 Å². The zero-order chi connectivity index (χ0) is 37.5. The first kappa shape index (κ1) is 31.7. The lowest BCUT2D eigenvalue weighted by Crippen LogP contribution is -1.96. The van der Waals surface area contributed by atoms with Crippen LogP contribution in [0.15, 0.2) is 212 Å². The van der Waals surface area contributed by atoms with E-state index in [1.807, 2.05) is 0 Å². The van der Waals surface area contributed by atoms with Gasteiger partial charge in [0, 0.05) is 49.4 Å². The smallest absolute Gasteiger partial charge is 0.0641 e.